The molecule has 4 nitrogen and oxygen atoms in total. The normalized spacial score (nSPS) is 21.6. The van der Waals surface area contributed by atoms with Crippen molar-refractivity contribution >= 4 is 37.5 Å². The highest BCUT2D eigenvalue weighted by molar-refractivity contribution is 9.11. The lowest BCUT2D eigenvalue weighted by molar-refractivity contribution is 0.362. The van der Waals surface area contributed by atoms with Crippen LogP contribution in [0.15, 0.2) is 45.0 Å². The topological polar surface area (TPSA) is 57.8 Å². The number of benzene rings is 1. The van der Waals surface area contributed by atoms with Crippen LogP contribution in [-0.4, -0.2) is 16.5 Å². The Hall–Kier alpha value is -1.50. The second-order valence-electron chi connectivity index (χ2n) is 5.86. The molecule has 0 aliphatic carbocycles. The van der Waals surface area contributed by atoms with Crippen LogP contribution in [0, 0.1) is 0 Å². The van der Waals surface area contributed by atoms with Gasteiger partial charge >= 0.3 is 0 Å². The second kappa shape index (κ2) is 6.19. The standard InChI is InChI=1S/C17H16BrN3OS/c18-14-8-13-15(23-14)17(22)21-16(20-13)12-7-6-11(9-19-12)10-4-2-1-3-5-10/h1-5,8,11-12,19H,6-7,9H2,(H,20,21,22)/t11-,12-/m0/s1. The smallest absolute Gasteiger partial charge is 0.268 e. The average molecular weight is 390 g/mol. The number of aromatic amines is 1. The van der Waals surface area contributed by atoms with Gasteiger partial charge in [0.2, 0.25) is 0 Å². The van der Waals surface area contributed by atoms with Gasteiger partial charge in [0.25, 0.3) is 5.56 Å². The molecule has 2 aromatic heterocycles. The first-order chi connectivity index (χ1) is 11.2. The van der Waals surface area contributed by atoms with Gasteiger partial charge in [0.05, 0.1) is 15.3 Å². The van der Waals surface area contributed by atoms with Gasteiger partial charge in [0.1, 0.15) is 10.5 Å². The third kappa shape index (κ3) is 2.98. The molecule has 4 rings (SSSR count). The molecule has 2 atom stereocenters. The lowest BCUT2D eigenvalue weighted by Gasteiger charge is -2.29. The predicted octanol–water partition coefficient (Wildman–Crippen LogP) is 3.96. The van der Waals surface area contributed by atoms with Crippen molar-refractivity contribution in [1.82, 2.24) is 15.3 Å². The van der Waals surface area contributed by atoms with Crippen LogP contribution in [0.25, 0.3) is 10.2 Å². The molecule has 3 aromatic rings. The Morgan fingerprint density at radius 1 is 1.22 bits per heavy atom. The summed E-state index contributed by atoms with van der Waals surface area (Å²) < 4.78 is 1.61. The van der Waals surface area contributed by atoms with Gasteiger partial charge in [-0.2, -0.15) is 0 Å². The highest BCUT2D eigenvalue weighted by Crippen LogP contribution is 2.31. The first-order valence-corrected chi connectivity index (χ1v) is 9.29. The summed E-state index contributed by atoms with van der Waals surface area (Å²) in [6, 6.07) is 12.6. The Morgan fingerprint density at radius 3 is 2.78 bits per heavy atom. The Kier molecular flexibility index (Phi) is 4.05. The van der Waals surface area contributed by atoms with Crippen LogP contribution in [0.3, 0.4) is 0 Å². The van der Waals surface area contributed by atoms with Crippen LogP contribution in [-0.2, 0) is 0 Å². The quantitative estimate of drug-likeness (QED) is 0.697. The average Bonchev–Trinajstić information content (AvgIpc) is 2.97. The molecule has 6 heteroatoms. The van der Waals surface area contributed by atoms with Gasteiger partial charge in [-0.1, -0.05) is 30.3 Å². The van der Waals surface area contributed by atoms with Crippen LogP contribution in [0.4, 0.5) is 0 Å². The van der Waals surface area contributed by atoms with Crippen LogP contribution >= 0.6 is 27.3 Å². The molecule has 1 aliphatic heterocycles. The zero-order chi connectivity index (χ0) is 15.8. The number of nitrogens with one attached hydrogen (secondary N) is 2. The SMILES string of the molecule is O=c1[nH]c([C@@H]2CC[C@H](c3ccccc3)CN2)nc2cc(Br)sc12. The Morgan fingerprint density at radius 2 is 2.04 bits per heavy atom. The lowest BCUT2D eigenvalue weighted by Crippen LogP contribution is -2.34. The van der Waals surface area contributed by atoms with E-state index in [1.54, 1.807) is 0 Å². The summed E-state index contributed by atoms with van der Waals surface area (Å²) in [5, 5.41) is 3.54. The van der Waals surface area contributed by atoms with Gasteiger partial charge in [0.15, 0.2) is 0 Å². The van der Waals surface area contributed by atoms with Crippen LogP contribution in [0.1, 0.15) is 36.2 Å². The van der Waals surface area contributed by atoms with Crippen molar-refractivity contribution in [2.75, 3.05) is 6.54 Å². The maximum atomic E-state index is 12.2. The van der Waals surface area contributed by atoms with E-state index in [0.29, 0.717) is 10.6 Å². The number of piperidine rings is 1. The molecule has 0 radical (unpaired) electrons. The lowest BCUT2D eigenvalue weighted by atomic mass is 9.88. The summed E-state index contributed by atoms with van der Waals surface area (Å²) in [6.07, 6.45) is 2.07. The second-order valence-corrected chi connectivity index (χ2v) is 8.29. The number of hydrogen-bond acceptors (Lipinski definition) is 4. The van der Waals surface area contributed by atoms with E-state index in [1.807, 2.05) is 12.1 Å². The summed E-state index contributed by atoms with van der Waals surface area (Å²) in [6.45, 7) is 0.907. The molecule has 23 heavy (non-hydrogen) atoms. The zero-order valence-corrected chi connectivity index (χ0v) is 14.8. The van der Waals surface area contributed by atoms with Crippen LogP contribution in [0.2, 0.25) is 0 Å². The number of H-pyrrole nitrogens is 1. The number of hydrogen-bond donors (Lipinski definition) is 2. The molecule has 118 valence electrons. The minimum absolute atomic E-state index is 0.0484. The fourth-order valence-corrected chi connectivity index (χ4v) is 4.61. The van der Waals surface area contributed by atoms with Crippen molar-refractivity contribution in [2.24, 2.45) is 0 Å². The van der Waals surface area contributed by atoms with Crippen molar-refractivity contribution < 1.29 is 0 Å². The van der Waals surface area contributed by atoms with E-state index >= 15 is 0 Å². The third-order valence-electron chi connectivity index (χ3n) is 4.39. The van der Waals surface area contributed by atoms with Gasteiger partial charge in [-0.25, -0.2) is 4.98 Å². The highest BCUT2D eigenvalue weighted by atomic mass is 79.9. The molecule has 2 N–H and O–H groups in total. The number of halogens is 1. The largest absolute Gasteiger partial charge is 0.308 e. The van der Waals surface area contributed by atoms with Crippen molar-refractivity contribution in [1.29, 1.82) is 0 Å². The molecule has 1 saturated heterocycles. The summed E-state index contributed by atoms with van der Waals surface area (Å²) in [5.74, 6) is 1.28. The molecule has 3 heterocycles. The fraction of sp³-hybridized carbons (Fsp3) is 0.294. The molecule has 0 bridgehead atoms. The van der Waals surface area contributed by atoms with E-state index < -0.39 is 0 Å². The summed E-state index contributed by atoms with van der Waals surface area (Å²) in [4.78, 5) is 19.8. The first-order valence-electron chi connectivity index (χ1n) is 7.68. The van der Waals surface area contributed by atoms with Crippen LogP contribution in [0.5, 0.6) is 0 Å². The molecular weight excluding hydrogens is 374 g/mol. The number of thiophene rings is 1. The molecule has 1 aromatic carbocycles. The van der Waals surface area contributed by atoms with E-state index in [-0.39, 0.29) is 11.6 Å². The number of aromatic nitrogens is 2. The van der Waals surface area contributed by atoms with E-state index in [0.717, 1.165) is 34.5 Å². The van der Waals surface area contributed by atoms with Crippen molar-refractivity contribution in [3.63, 3.8) is 0 Å². The molecule has 0 unspecified atom stereocenters. The minimum Gasteiger partial charge on any atom is -0.308 e. The van der Waals surface area contributed by atoms with Gasteiger partial charge < -0.3 is 10.3 Å². The Balaban J connectivity index is 1.55. The Labute approximate surface area is 146 Å². The zero-order valence-electron chi connectivity index (χ0n) is 12.4. The maximum Gasteiger partial charge on any atom is 0.268 e. The highest BCUT2D eigenvalue weighted by Gasteiger charge is 2.24. The van der Waals surface area contributed by atoms with Gasteiger partial charge in [-0.05, 0) is 46.3 Å². The van der Waals surface area contributed by atoms with Gasteiger partial charge in [0, 0.05) is 6.54 Å². The van der Waals surface area contributed by atoms with Gasteiger partial charge in [-0.3, -0.25) is 4.79 Å². The summed E-state index contributed by atoms with van der Waals surface area (Å²) >= 11 is 4.84. The summed E-state index contributed by atoms with van der Waals surface area (Å²) in [5.41, 5.74) is 2.09. The van der Waals surface area contributed by atoms with E-state index in [4.69, 9.17) is 0 Å². The molecule has 1 fully saturated rings. The summed E-state index contributed by atoms with van der Waals surface area (Å²) in [7, 11) is 0. The van der Waals surface area contributed by atoms with Gasteiger partial charge in [-0.15, -0.1) is 11.3 Å². The van der Waals surface area contributed by atoms with E-state index in [2.05, 4.69) is 55.5 Å². The first kappa shape index (κ1) is 15.1. The Bertz CT molecular complexity index is 882. The monoisotopic (exact) mass is 389 g/mol. The van der Waals surface area contributed by atoms with E-state index in [1.165, 1.54) is 16.9 Å². The predicted molar refractivity (Wildman–Crippen MR) is 97.1 cm³/mol. The number of fused-ring (bicyclic) bond motifs is 1. The van der Waals surface area contributed by atoms with E-state index in [9.17, 15) is 4.79 Å². The molecule has 0 spiro atoms. The fourth-order valence-electron chi connectivity index (χ4n) is 3.19. The van der Waals surface area contributed by atoms with Crippen molar-refractivity contribution in [2.45, 2.75) is 24.8 Å². The third-order valence-corrected chi connectivity index (χ3v) is 6.01. The number of nitrogens with zero attached hydrogens (tertiary/aromatic N) is 1. The minimum atomic E-state index is -0.0484. The van der Waals surface area contributed by atoms with Crippen molar-refractivity contribution in [3.8, 4) is 0 Å². The maximum absolute atomic E-state index is 12.2. The molecule has 1 aliphatic rings. The molecular formula is C17H16BrN3OS. The molecule has 0 saturated carbocycles. The van der Waals surface area contributed by atoms with Crippen LogP contribution < -0.4 is 10.9 Å². The molecule has 0 amide bonds. The van der Waals surface area contributed by atoms with Crippen molar-refractivity contribution in [3.05, 3.63) is 61.9 Å². The number of rotatable bonds is 2.